The number of hydrogen-bond donors (Lipinski definition) is 2. The van der Waals surface area contributed by atoms with Crippen LogP contribution in [0.4, 0.5) is 5.69 Å². The summed E-state index contributed by atoms with van der Waals surface area (Å²) in [6.07, 6.45) is -0.368. The van der Waals surface area contributed by atoms with Crippen LogP contribution in [0.5, 0.6) is 0 Å². The van der Waals surface area contributed by atoms with Gasteiger partial charge in [-0.05, 0) is 34.5 Å². The second-order valence-electron chi connectivity index (χ2n) is 4.81. The molecule has 0 saturated carbocycles. The molecular weight excluding hydrogens is 303 g/mol. The van der Waals surface area contributed by atoms with Crippen LogP contribution < -0.4 is 11.1 Å². The smallest absolute Gasteiger partial charge is 0.101 e. The van der Waals surface area contributed by atoms with Crippen LogP contribution in [0.25, 0.3) is 10.8 Å². The van der Waals surface area contributed by atoms with Gasteiger partial charge in [0.25, 0.3) is 0 Å². The van der Waals surface area contributed by atoms with E-state index in [9.17, 15) is 0 Å². The second-order valence-corrected chi connectivity index (χ2v) is 5.66. The van der Waals surface area contributed by atoms with Gasteiger partial charge in [-0.3, -0.25) is 0 Å². The molecule has 4 heteroatoms. The molecule has 3 rings (SSSR count). The van der Waals surface area contributed by atoms with Gasteiger partial charge in [-0.15, -0.1) is 0 Å². The van der Waals surface area contributed by atoms with Gasteiger partial charge in [0.15, 0.2) is 0 Å². The van der Waals surface area contributed by atoms with Gasteiger partial charge in [-0.1, -0.05) is 65.7 Å². The zero-order valence-corrected chi connectivity index (χ0v) is 12.7. The molecule has 0 fully saturated rings. The molecule has 0 heterocycles. The standard InChI is InChI=1S/C17H14Cl2N2/c18-12-8-9-15(19)16(10-12)21-17(20)14-7-3-5-11-4-1-2-6-13(11)14/h1-10,17,21H,20H2. The molecule has 3 N–H and O–H groups in total. The minimum absolute atomic E-state index is 0.368. The molecule has 1 atom stereocenters. The van der Waals surface area contributed by atoms with Crippen molar-refractivity contribution in [3.63, 3.8) is 0 Å². The van der Waals surface area contributed by atoms with Crippen molar-refractivity contribution >= 4 is 39.7 Å². The molecule has 3 aromatic carbocycles. The predicted molar refractivity (Wildman–Crippen MR) is 91.0 cm³/mol. The Kier molecular flexibility index (Phi) is 4.02. The van der Waals surface area contributed by atoms with Gasteiger partial charge in [-0.25, -0.2) is 0 Å². The number of benzene rings is 3. The first kappa shape index (κ1) is 14.2. The summed E-state index contributed by atoms with van der Waals surface area (Å²) in [6.45, 7) is 0. The van der Waals surface area contributed by atoms with E-state index < -0.39 is 0 Å². The fraction of sp³-hybridized carbons (Fsp3) is 0.0588. The highest BCUT2D eigenvalue weighted by molar-refractivity contribution is 6.35. The summed E-state index contributed by atoms with van der Waals surface area (Å²) in [4.78, 5) is 0. The van der Waals surface area contributed by atoms with Crippen molar-refractivity contribution in [1.82, 2.24) is 0 Å². The Morgan fingerprint density at radius 1 is 0.905 bits per heavy atom. The van der Waals surface area contributed by atoms with Crippen LogP contribution in [0.2, 0.25) is 10.0 Å². The molecule has 0 amide bonds. The minimum atomic E-state index is -0.368. The molecule has 2 nitrogen and oxygen atoms in total. The zero-order chi connectivity index (χ0) is 14.8. The highest BCUT2D eigenvalue weighted by atomic mass is 35.5. The first-order chi connectivity index (χ1) is 10.1. The fourth-order valence-electron chi connectivity index (χ4n) is 2.38. The summed E-state index contributed by atoms with van der Waals surface area (Å²) in [5.41, 5.74) is 8.04. The van der Waals surface area contributed by atoms with Gasteiger partial charge in [0.05, 0.1) is 10.7 Å². The third-order valence-corrected chi connectivity index (χ3v) is 3.96. The first-order valence-corrected chi connectivity index (χ1v) is 7.35. The molecule has 0 aliphatic carbocycles. The van der Waals surface area contributed by atoms with Crippen LogP contribution in [0.1, 0.15) is 11.7 Å². The Hall–Kier alpha value is -1.74. The van der Waals surface area contributed by atoms with E-state index in [1.807, 2.05) is 24.3 Å². The lowest BCUT2D eigenvalue weighted by Crippen LogP contribution is -2.20. The average molecular weight is 317 g/mol. The van der Waals surface area contributed by atoms with Gasteiger partial charge in [0, 0.05) is 5.02 Å². The van der Waals surface area contributed by atoms with Crippen molar-refractivity contribution in [2.45, 2.75) is 6.17 Å². The van der Waals surface area contributed by atoms with Gasteiger partial charge >= 0.3 is 0 Å². The maximum Gasteiger partial charge on any atom is 0.101 e. The molecule has 0 spiro atoms. The normalized spacial score (nSPS) is 12.3. The molecule has 0 bridgehead atoms. The van der Waals surface area contributed by atoms with Crippen LogP contribution in [-0.2, 0) is 0 Å². The predicted octanol–water partition coefficient (Wildman–Crippen LogP) is 5.22. The van der Waals surface area contributed by atoms with Gasteiger partial charge < -0.3 is 11.1 Å². The number of anilines is 1. The minimum Gasteiger partial charge on any atom is -0.365 e. The number of fused-ring (bicyclic) bond motifs is 1. The number of nitrogens with two attached hydrogens (primary N) is 1. The number of nitrogens with one attached hydrogen (secondary N) is 1. The molecule has 0 saturated heterocycles. The summed E-state index contributed by atoms with van der Waals surface area (Å²) in [5, 5.41) is 6.71. The highest BCUT2D eigenvalue weighted by Gasteiger charge is 2.11. The topological polar surface area (TPSA) is 38.0 Å². The quantitative estimate of drug-likeness (QED) is 0.650. The van der Waals surface area contributed by atoms with Crippen LogP contribution in [0.15, 0.2) is 60.7 Å². The second kappa shape index (κ2) is 5.94. The zero-order valence-electron chi connectivity index (χ0n) is 11.2. The van der Waals surface area contributed by atoms with Crippen molar-refractivity contribution < 1.29 is 0 Å². The molecular formula is C17H14Cl2N2. The molecule has 3 aromatic rings. The van der Waals surface area contributed by atoms with Crippen molar-refractivity contribution in [3.05, 3.63) is 76.3 Å². The molecule has 0 aromatic heterocycles. The maximum absolute atomic E-state index is 6.30. The van der Waals surface area contributed by atoms with Gasteiger partial charge in [0.2, 0.25) is 0 Å². The van der Waals surface area contributed by atoms with E-state index in [2.05, 4.69) is 23.5 Å². The number of rotatable bonds is 3. The lowest BCUT2D eigenvalue weighted by Gasteiger charge is -2.18. The van der Waals surface area contributed by atoms with Crippen molar-refractivity contribution in [2.24, 2.45) is 5.73 Å². The maximum atomic E-state index is 6.30. The van der Waals surface area contributed by atoms with E-state index in [0.29, 0.717) is 10.0 Å². The summed E-state index contributed by atoms with van der Waals surface area (Å²) in [6, 6.07) is 19.5. The molecule has 21 heavy (non-hydrogen) atoms. The molecule has 0 aliphatic rings. The van der Waals surface area contributed by atoms with Gasteiger partial charge in [-0.2, -0.15) is 0 Å². The van der Waals surface area contributed by atoms with Crippen LogP contribution >= 0.6 is 23.2 Å². The lowest BCUT2D eigenvalue weighted by atomic mass is 10.0. The highest BCUT2D eigenvalue weighted by Crippen LogP contribution is 2.29. The van der Waals surface area contributed by atoms with Crippen LogP contribution in [-0.4, -0.2) is 0 Å². The van der Waals surface area contributed by atoms with E-state index in [4.69, 9.17) is 28.9 Å². The van der Waals surface area contributed by atoms with E-state index in [-0.39, 0.29) is 6.17 Å². The van der Waals surface area contributed by atoms with Crippen LogP contribution in [0, 0.1) is 0 Å². The summed E-state index contributed by atoms with van der Waals surface area (Å²) < 4.78 is 0. The molecule has 0 radical (unpaired) electrons. The van der Waals surface area contributed by atoms with Crippen molar-refractivity contribution in [1.29, 1.82) is 0 Å². The Morgan fingerprint density at radius 3 is 2.52 bits per heavy atom. The molecule has 106 valence electrons. The SMILES string of the molecule is NC(Nc1cc(Cl)ccc1Cl)c1cccc2ccccc12. The van der Waals surface area contributed by atoms with E-state index in [1.54, 1.807) is 18.2 Å². The Balaban J connectivity index is 1.97. The summed E-state index contributed by atoms with van der Waals surface area (Å²) in [5.74, 6) is 0. The van der Waals surface area contributed by atoms with Crippen molar-refractivity contribution in [2.75, 3.05) is 5.32 Å². The molecule has 1 unspecified atom stereocenters. The third kappa shape index (κ3) is 2.98. The largest absolute Gasteiger partial charge is 0.365 e. The average Bonchev–Trinajstić information content (AvgIpc) is 2.50. The van der Waals surface area contributed by atoms with Crippen LogP contribution in [0.3, 0.4) is 0 Å². The van der Waals surface area contributed by atoms with E-state index >= 15 is 0 Å². The van der Waals surface area contributed by atoms with Crippen molar-refractivity contribution in [3.8, 4) is 0 Å². The third-order valence-electron chi connectivity index (χ3n) is 3.40. The fourth-order valence-corrected chi connectivity index (χ4v) is 2.72. The monoisotopic (exact) mass is 316 g/mol. The lowest BCUT2D eigenvalue weighted by molar-refractivity contribution is 0.845. The van der Waals surface area contributed by atoms with Gasteiger partial charge in [0.1, 0.15) is 6.17 Å². The Bertz CT molecular complexity index is 781. The van der Waals surface area contributed by atoms with E-state index in [1.165, 1.54) is 0 Å². The molecule has 0 aliphatic heterocycles. The summed E-state index contributed by atoms with van der Waals surface area (Å²) in [7, 11) is 0. The Morgan fingerprint density at radius 2 is 1.67 bits per heavy atom. The number of halogens is 2. The Labute approximate surface area is 133 Å². The number of hydrogen-bond acceptors (Lipinski definition) is 2. The summed E-state index contributed by atoms with van der Waals surface area (Å²) >= 11 is 12.2. The van der Waals surface area contributed by atoms with E-state index in [0.717, 1.165) is 22.0 Å². The first-order valence-electron chi connectivity index (χ1n) is 6.60.